The molecule has 0 bridgehead atoms. The van der Waals surface area contributed by atoms with Crippen molar-refractivity contribution in [3.63, 3.8) is 0 Å². The normalized spacial score (nSPS) is 0. The monoisotopic (exact) mass is 251 g/mol. The Hall–Kier alpha value is 1.70. The summed E-state index contributed by atoms with van der Waals surface area (Å²) in [6, 6.07) is 0. The maximum Gasteiger partial charge on any atom is 0 e. The Morgan fingerprint density at radius 2 is 0.286 bits per heavy atom. The van der Waals surface area contributed by atoms with Crippen LogP contribution in [0.1, 0.15) is 0 Å². The molecule has 15 radical (unpaired) electrons. The molecule has 0 saturated heterocycles. The molecule has 0 heterocycles. The van der Waals surface area contributed by atoms with E-state index < -0.39 is 0 Å². The minimum absolute atomic E-state index is 0. The fraction of sp³-hybridized carbons (Fsp3) is 0. The van der Waals surface area contributed by atoms with Crippen molar-refractivity contribution in [3.05, 3.63) is 0 Å². The molecule has 0 saturated carbocycles. The Bertz CT molecular complexity index is 6.04. The third-order valence-corrected chi connectivity index (χ3v) is 0. The standard InChI is InChI=1S/5B.2Mo. The molecule has 0 unspecified atom stereocenters. The van der Waals surface area contributed by atoms with E-state index in [-0.39, 0.29) is 84.2 Å². The average molecular weight is 246 g/mol. The molecule has 0 aliphatic rings. The van der Waals surface area contributed by atoms with Gasteiger partial charge in [0.1, 0.15) is 0 Å². The van der Waals surface area contributed by atoms with Gasteiger partial charge in [0.15, 0.2) is 0 Å². The van der Waals surface area contributed by atoms with E-state index >= 15 is 0 Å². The minimum Gasteiger partial charge on any atom is 0 e. The summed E-state index contributed by atoms with van der Waals surface area (Å²) in [5.41, 5.74) is 0. The van der Waals surface area contributed by atoms with Gasteiger partial charge < -0.3 is 0 Å². The van der Waals surface area contributed by atoms with Crippen molar-refractivity contribution in [1.82, 2.24) is 0 Å². The van der Waals surface area contributed by atoms with Crippen molar-refractivity contribution in [2.75, 3.05) is 0 Å². The molecule has 7 heavy (non-hydrogen) atoms. The Morgan fingerprint density at radius 1 is 0.286 bits per heavy atom. The van der Waals surface area contributed by atoms with Crippen LogP contribution in [0.3, 0.4) is 0 Å². The Kier molecular flexibility index (Phi) is 3040. The van der Waals surface area contributed by atoms with Gasteiger partial charge in [-0.1, -0.05) is 0 Å². The average Bonchev–Trinajstić information content (AvgIpc) is 0. The van der Waals surface area contributed by atoms with Gasteiger partial charge in [-0.15, -0.1) is 0 Å². The maximum absolute atomic E-state index is 0. The molecule has 0 nitrogen and oxygen atoms in total. The molecule has 0 N–H and O–H groups in total. The molecule has 0 aliphatic carbocycles. The van der Waals surface area contributed by atoms with Gasteiger partial charge in [-0.3, -0.25) is 0 Å². The summed E-state index contributed by atoms with van der Waals surface area (Å²) in [4.78, 5) is 0. The van der Waals surface area contributed by atoms with Gasteiger partial charge >= 0.3 is 0 Å². The zero-order valence-electron chi connectivity index (χ0n) is 3.70. The predicted molar refractivity (Wildman–Crippen MR) is 28.8 cm³/mol. The first-order chi connectivity index (χ1) is 0. The second-order valence-corrected chi connectivity index (χ2v) is 0. The van der Waals surface area contributed by atoms with Crippen LogP contribution in [-0.2, 0) is 42.1 Å². The summed E-state index contributed by atoms with van der Waals surface area (Å²) >= 11 is 0. The topological polar surface area (TPSA) is 0 Å². The molecule has 0 spiro atoms. The van der Waals surface area contributed by atoms with E-state index in [1.807, 2.05) is 0 Å². The van der Waals surface area contributed by atoms with Crippen LogP contribution in [0.15, 0.2) is 0 Å². The summed E-state index contributed by atoms with van der Waals surface area (Å²) in [6.07, 6.45) is 0. The Balaban J connectivity index is 0. The summed E-state index contributed by atoms with van der Waals surface area (Å²) in [5, 5.41) is 0. The molecular weight excluding hydrogens is 246 g/mol. The third kappa shape index (κ3) is 86.5. The first-order valence-corrected chi connectivity index (χ1v) is 0. The van der Waals surface area contributed by atoms with Gasteiger partial charge in [-0.2, -0.15) is 0 Å². The molecule has 0 rings (SSSR count). The van der Waals surface area contributed by atoms with Crippen molar-refractivity contribution < 1.29 is 42.1 Å². The second-order valence-electron chi connectivity index (χ2n) is 0. The Labute approximate surface area is 83.8 Å². The van der Waals surface area contributed by atoms with Crippen molar-refractivity contribution >= 4 is 42.1 Å². The van der Waals surface area contributed by atoms with Crippen molar-refractivity contribution in [2.45, 2.75) is 0 Å². The van der Waals surface area contributed by atoms with Gasteiger partial charge in [0.2, 0.25) is 0 Å². The zero-order chi connectivity index (χ0) is 0. The Morgan fingerprint density at radius 3 is 0.286 bits per heavy atom. The zero-order valence-corrected chi connectivity index (χ0v) is 7.72. The summed E-state index contributed by atoms with van der Waals surface area (Å²) in [6.45, 7) is 0. The molecule has 0 fully saturated rings. The van der Waals surface area contributed by atoms with Gasteiger partial charge in [0.25, 0.3) is 0 Å². The van der Waals surface area contributed by atoms with E-state index in [1.54, 1.807) is 0 Å². The minimum atomic E-state index is 0. The van der Waals surface area contributed by atoms with Gasteiger partial charge in [0.05, 0.1) is 0 Å². The summed E-state index contributed by atoms with van der Waals surface area (Å²) < 4.78 is 0. The van der Waals surface area contributed by atoms with E-state index in [0.717, 1.165) is 0 Å². The first kappa shape index (κ1) is 178. The fourth-order valence-electron chi connectivity index (χ4n) is 0. The van der Waals surface area contributed by atoms with Crippen LogP contribution < -0.4 is 0 Å². The van der Waals surface area contributed by atoms with Gasteiger partial charge in [-0.05, 0) is 0 Å². The van der Waals surface area contributed by atoms with Crippen LogP contribution in [0, 0.1) is 0 Å². The predicted octanol–water partition coefficient (Wildman–Crippen LogP) is -1.91. The smallest absolute Gasteiger partial charge is 0 e. The molecule has 7 heteroatoms. The van der Waals surface area contributed by atoms with Crippen molar-refractivity contribution in [1.29, 1.82) is 0 Å². The summed E-state index contributed by atoms with van der Waals surface area (Å²) in [7, 11) is 0. The molecule has 0 aliphatic heterocycles. The van der Waals surface area contributed by atoms with Crippen molar-refractivity contribution in [3.8, 4) is 0 Å². The van der Waals surface area contributed by atoms with E-state index in [9.17, 15) is 0 Å². The SMILES string of the molecule is [B].[B].[B].[B].[B].[Mo].[Mo]. The molecule has 0 aromatic heterocycles. The maximum atomic E-state index is 0. The molecular formula is B5Mo2. The molecule has 27 valence electrons. The van der Waals surface area contributed by atoms with Crippen LogP contribution >= 0.6 is 0 Å². The van der Waals surface area contributed by atoms with Crippen LogP contribution in [0.2, 0.25) is 0 Å². The number of hydrogen-bond donors (Lipinski definition) is 0. The van der Waals surface area contributed by atoms with Crippen LogP contribution in [-0.4, -0.2) is 42.1 Å². The van der Waals surface area contributed by atoms with Crippen LogP contribution in [0.4, 0.5) is 0 Å². The second kappa shape index (κ2) is 119. The van der Waals surface area contributed by atoms with E-state index in [2.05, 4.69) is 0 Å². The molecule has 0 aromatic carbocycles. The first-order valence-electron chi connectivity index (χ1n) is 0. The van der Waals surface area contributed by atoms with E-state index in [4.69, 9.17) is 0 Å². The van der Waals surface area contributed by atoms with Crippen LogP contribution in [0.5, 0.6) is 0 Å². The number of hydrogen-bond acceptors (Lipinski definition) is 0. The third-order valence-electron chi connectivity index (χ3n) is 0. The van der Waals surface area contributed by atoms with Crippen LogP contribution in [0.25, 0.3) is 0 Å². The largest absolute Gasteiger partial charge is 0 e. The summed E-state index contributed by atoms with van der Waals surface area (Å²) in [5.74, 6) is 0. The van der Waals surface area contributed by atoms with Gasteiger partial charge in [0, 0.05) is 84.2 Å². The molecule has 0 aromatic rings. The van der Waals surface area contributed by atoms with E-state index in [0.29, 0.717) is 0 Å². The van der Waals surface area contributed by atoms with Crippen molar-refractivity contribution in [2.24, 2.45) is 0 Å². The fourth-order valence-corrected chi connectivity index (χ4v) is 0. The van der Waals surface area contributed by atoms with E-state index in [1.165, 1.54) is 0 Å². The molecule has 0 amide bonds. The molecule has 0 atom stereocenters. The number of rotatable bonds is 0. The van der Waals surface area contributed by atoms with Gasteiger partial charge in [-0.25, -0.2) is 0 Å². The quantitative estimate of drug-likeness (QED) is 0.437.